The number of para-hydroxylation sites is 1. The number of aryl methyl sites for hydroxylation is 1. The van der Waals surface area contributed by atoms with Gasteiger partial charge in [0.15, 0.2) is 11.6 Å². The predicted molar refractivity (Wildman–Crippen MR) is 156 cm³/mol. The van der Waals surface area contributed by atoms with Gasteiger partial charge in [-0.3, -0.25) is 9.59 Å². The van der Waals surface area contributed by atoms with E-state index < -0.39 is 29.9 Å². The number of fused-ring (bicyclic) bond motifs is 1. The number of rotatable bonds is 13. The minimum absolute atomic E-state index is 0.0682. The highest BCUT2D eigenvalue weighted by Crippen LogP contribution is 2.33. The Morgan fingerprint density at radius 1 is 0.929 bits per heavy atom. The van der Waals surface area contributed by atoms with Gasteiger partial charge in [-0.15, -0.1) is 0 Å². The molecule has 0 amide bonds. The highest BCUT2D eigenvalue weighted by molar-refractivity contribution is 5.95. The predicted octanol–water partition coefficient (Wildman–Crippen LogP) is 7.25. The molecule has 0 saturated heterocycles. The van der Waals surface area contributed by atoms with Crippen LogP contribution in [0.5, 0.6) is 11.5 Å². The number of allylic oxidation sites excluding steroid dienone is 1. The van der Waals surface area contributed by atoms with E-state index in [1.807, 2.05) is 6.08 Å². The van der Waals surface area contributed by atoms with Crippen molar-refractivity contribution in [1.82, 2.24) is 4.57 Å². The molecule has 218 valence electrons. The highest BCUT2D eigenvalue weighted by Gasteiger charge is 2.21. The molecule has 2 N–H and O–H groups in total. The second-order valence-corrected chi connectivity index (χ2v) is 9.61. The van der Waals surface area contributed by atoms with Crippen molar-refractivity contribution in [1.29, 1.82) is 0 Å². The molecule has 0 aliphatic heterocycles. The molecule has 0 fully saturated rings. The molecule has 0 aliphatic carbocycles. The van der Waals surface area contributed by atoms with Crippen LogP contribution in [0.2, 0.25) is 0 Å². The molecule has 1 aromatic heterocycles. The minimum Gasteiger partial charge on any atom is -0.481 e. The number of benzene rings is 3. The van der Waals surface area contributed by atoms with Gasteiger partial charge in [0.2, 0.25) is 0 Å². The number of aliphatic carboxylic acids is 2. The Morgan fingerprint density at radius 3 is 2.33 bits per heavy atom. The Balaban J connectivity index is 1.60. The normalized spacial score (nSPS) is 12.3. The van der Waals surface area contributed by atoms with Gasteiger partial charge in [-0.1, -0.05) is 42.5 Å². The molecule has 1 heterocycles. The van der Waals surface area contributed by atoms with E-state index in [2.05, 4.69) is 0 Å². The molecule has 3 aromatic carbocycles. The van der Waals surface area contributed by atoms with Crippen LogP contribution in [0.25, 0.3) is 23.1 Å². The van der Waals surface area contributed by atoms with Crippen LogP contribution in [-0.4, -0.2) is 33.0 Å². The van der Waals surface area contributed by atoms with Crippen molar-refractivity contribution in [2.45, 2.75) is 45.9 Å². The second-order valence-electron chi connectivity index (χ2n) is 9.61. The molecule has 4 rings (SSSR count). The van der Waals surface area contributed by atoms with Crippen molar-refractivity contribution in [2.24, 2.45) is 0 Å². The molecule has 4 aromatic rings. The van der Waals surface area contributed by atoms with Gasteiger partial charge in [0.1, 0.15) is 18.1 Å². The third kappa shape index (κ3) is 7.23. The van der Waals surface area contributed by atoms with Gasteiger partial charge in [0, 0.05) is 17.5 Å². The van der Waals surface area contributed by atoms with E-state index >= 15 is 4.39 Å². The lowest BCUT2D eigenvalue weighted by Gasteiger charge is -2.18. The summed E-state index contributed by atoms with van der Waals surface area (Å²) < 4.78 is 42.3. The Kier molecular flexibility index (Phi) is 9.75. The van der Waals surface area contributed by atoms with Crippen LogP contribution in [0.3, 0.4) is 0 Å². The number of halogens is 2. The SMILES string of the molecule is C/C=C/C(Oc1ccc(/C=C/c2ccc(F)c3c(CCCC(=O)O)c(C)n(CC(=O)O)c23)cc1)Oc1ccccc1F. The third-order valence-corrected chi connectivity index (χ3v) is 6.70. The van der Waals surface area contributed by atoms with Gasteiger partial charge >= 0.3 is 11.9 Å². The fourth-order valence-corrected chi connectivity index (χ4v) is 4.76. The zero-order valence-corrected chi connectivity index (χ0v) is 23.2. The summed E-state index contributed by atoms with van der Waals surface area (Å²) >= 11 is 0. The van der Waals surface area contributed by atoms with Crippen LogP contribution >= 0.6 is 0 Å². The van der Waals surface area contributed by atoms with Crippen LogP contribution < -0.4 is 9.47 Å². The Labute approximate surface area is 241 Å². The smallest absolute Gasteiger partial charge is 0.323 e. The van der Waals surface area contributed by atoms with E-state index in [0.29, 0.717) is 46.3 Å². The van der Waals surface area contributed by atoms with E-state index in [1.54, 1.807) is 79.1 Å². The average Bonchev–Trinajstić information content (AvgIpc) is 3.22. The maximum Gasteiger partial charge on any atom is 0.323 e. The summed E-state index contributed by atoms with van der Waals surface area (Å²) in [4.78, 5) is 22.7. The summed E-state index contributed by atoms with van der Waals surface area (Å²) in [6, 6.07) is 16.1. The lowest BCUT2D eigenvalue weighted by atomic mass is 10.0. The van der Waals surface area contributed by atoms with Gasteiger partial charge in [-0.2, -0.15) is 0 Å². The zero-order valence-electron chi connectivity index (χ0n) is 23.2. The van der Waals surface area contributed by atoms with Crippen molar-refractivity contribution >= 4 is 35.0 Å². The number of carboxylic acid groups (broad SMARTS) is 2. The van der Waals surface area contributed by atoms with Gasteiger partial charge < -0.3 is 24.3 Å². The maximum atomic E-state index is 15.1. The molecule has 9 heteroatoms. The monoisotopic (exact) mass is 575 g/mol. The number of nitrogens with zero attached hydrogens (tertiary/aromatic N) is 1. The van der Waals surface area contributed by atoms with Crippen molar-refractivity contribution in [3.8, 4) is 11.5 Å². The molecular weight excluding hydrogens is 544 g/mol. The lowest BCUT2D eigenvalue weighted by molar-refractivity contribution is -0.138. The van der Waals surface area contributed by atoms with Crippen LogP contribution in [-0.2, 0) is 22.6 Å². The first-order valence-electron chi connectivity index (χ1n) is 13.4. The molecule has 1 unspecified atom stereocenters. The highest BCUT2D eigenvalue weighted by atomic mass is 19.1. The largest absolute Gasteiger partial charge is 0.481 e. The number of aromatic nitrogens is 1. The number of hydrogen-bond donors (Lipinski definition) is 2. The Hall–Kier alpha value is -4.92. The fraction of sp³-hybridized carbons (Fsp3) is 0.212. The standard InChI is InChI=1S/C33H31F2NO6/c1-3-7-31(42-28-10-5-4-9-26(28)34)41-24-17-13-22(14-18-24)12-15-23-16-19-27(35)32-25(8-6-11-29(37)38)21(2)36(33(23)32)20-30(39)40/h3-5,7,9-10,12-19,31H,6,8,11,20H2,1-2H3,(H,37,38)(H,39,40)/b7-3+,15-12+. The minimum atomic E-state index is -1.07. The molecular formula is C33H31F2NO6. The van der Waals surface area contributed by atoms with E-state index in [1.165, 1.54) is 18.2 Å². The average molecular weight is 576 g/mol. The van der Waals surface area contributed by atoms with Crippen molar-refractivity contribution in [2.75, 3.05) is 0 Å². The van der Waals surface area contributed by atoms with E-state index in [-0.39, 0.29) is 18.7 Å². The van der Waals surface area contributed by atoms with E-state index in [9.17, 15) is 19.1 Å². The number of carbonyl (C=O) groups is 2. The van der Waals surface area contributed by atoms with Crippen LogP contribution in [0, 0.1) is 18.6 Å². The summed E-state index contributed by atoms with van der Waals surface area (Å²) in [5.41, 5.74) is 3.05. The molecule has 0 aliphatic rings. The molecule has 0 saturated carbocycles. The molecule has 1 atom stereocenters. The molecule has 7 nitrogen and oxygen atoms in total. The topological polar surface area (TPSA) is 98.0 Å². The van der Waals surface area contributed by atoms with Gasteiger partial charge in [-0.25, -0.2) is 8.78 Å². The van der Waals surface area contributed by atoms with Crippen molar-refractivity contribution < 1.29 is 38.1 Å². The van der Waals surface area contributed by atoms with Gasteiger partial charge in [0.05, 0.1) is 5.52 Å². The quantitative estimate of drug-likeness (QED) is 0.0990. The summed E-state index contributed by atoms with van der Waals surface area (Å²) in [7, 11) is 0. The first-order chi connectivity index (χ1) is 20.2. The summed E-state index contributed by atoms with van der Waals surface area (Å²) in [6.45, 7) is 3.16. The number of hydrogen-bond acceptors (Lipinski definition) is 4. The third-order valence-electron chi connectivity index (χ3n) is 6.70. The first-order valence-corrected chi connectivity index (χ1v) is 13.4. The molecule has 0 bridgehead atoms. The van der Waals surface area contributed by atoms with Crippen LogP contribution in [0.4, 0.5) is 8.78 Å². The van der Waals surface area contributed by atoms with Crippen LogP contribution in [0.15, 0.2) is 72.8 Å². The van der Waals surface area contributed by atoms with Gasteiger partial charge in [-0.05, 0) is 85.9 Å². The summed E-state index contributed by atoms with van der Waals surface area (Å²) in [6.07, 6.45) is 6.67. The van der Waals surface area contributed by atoms with Crippen LogP contribution in [0.1, 0.15) is 42.1 Å². The molecule has 42 heavy (non-hydrogen) atoms. The Morgan fingerprint density at radius 2 is 1.67 bits per heavy atom. The van der Waals surface area contributed by atoms with Crippen molar-refractivity contribution in [3.05, 3.63) is 107 Å². The summed E-state index contributed by atoms with van der Waals surface area (Å²) in [5, 5.41) is 18.9. The number of carboxylic acids is 2. The van der Waals surface area contributed by atoms with E-state index in [0.717, 1.165) is 5.56 Å². The van der Waals surface area contributed by atoms with E-state index in [4.69, 9.17) is 14.6 Å². The molecule has 0 radical (unpaired) electrons. The first kappa shape index (κ1) is 30.0. The maximum absolute atomic E-state index is 15.1. The number of ether oxygens (including phenoxy) is 2. The van der Waals surface area contributed by atoms with Crippen molar-refractivity contribution in [3.63, 3.8) is 0 Å². The fourth-order valence-electron chi connectivity index (χ4n) is 4.76. The second kappa shape index (κ2) is 13.6. The zero-order chi connectivity index (χ0) is 30.2. The lowest BCUT2D eigenvalue weighted by Crippen LogP contribution is -2.21. The summed E-state index contributed by atoms with van der Waals surface area (Å²) in [5.74, 6) is -2.45. The Bertz CT molecular complexity index is 1640. The van der Waals surface area contributed by atoms with Gasteiger partial charge in [0.25, 0.3) is 6.29 Å². The molecule has 0 spiro atoms.